The van der Waals surface area contributed by atoms with E-state index in [9.17, 15) is 24.5 Å². The zero-order valence-corrected chi connectivity index (χ0v) is 13.7. The SMILES string of the molecule is O=C(CN1C(=O)[C@H]2CC=CC[C@@H]2C1=O)Nc1ccc(Cl)c([N+](=O)[O-])c1. The van der Waals surface area contributed by atoms with Gasteiger partial charge in [0.15, 0.2) is 0 Å². The Morgan fingerprint density at radius 3 is 2.40 bits per heavy atom. The number of nitrogens with one attached hydrogen (secondary N) is 1. The number of carbonyl (C=O) groups excluding carboxylic acids is 3. The molecule has 130 valence electrons. The summed E-state index contributed by atoms with van der Waals surface area (Å²) in [4.78, 5) is 47.9. The molecule has 25 heavy (non-hydrogen) atoms. The predicted octanol–water partition coefficient (Wildman–Crippen LogP) is 2.14. The number of hydrogen-bond acceptors (Lipinski definition) is 5. The molecule has 1 fully saturated rings. The van der Waals surface area contributed by atoms with Crippen LogP contribution in [0.2, 0.25) is 5.02 Å². The largest absolute Gasteiger partial charge is 0.324 e. The Morgan fingerprint density at radius 2 is 1.84 bits per heavy atom. The molecule has 0 bridgehead atoms. The molecule has 0 saturated carbocycles. The van der Waals surface area contributed by atoms with Crippen molar-refractivity contribution in [2.24, 2.45) is 11.8 Å². The molecular formula is C16H14ClN3O5. The quantitative estimate of drug-likeness (QED) is 0.381. The fraction of sp³-hybridized carbons (Fsp3) is 0.312. The number of hydrogen-bond donors (Lipinski definition) is 1. The van der Waals surface area contributed by atoms with Crippen molar-refractivity contribution in [1.29, 1.82) is 0 Å². The molecule has 0 aromatic heterocycles. The molecule has 1 N–H and O–H groups in total. The summed E-state index contributed by atoms with van der Waals surface area (Å²) in [6.45, 7) is -0.416. The van der Waals surface area contributed by atoms with E-state index < -0.39 is 29.2 Å². The first-order chi connectivity index (χ1) is 11.9. The minimum Gasteiger partial charge on any atom is -0.324 e. The number of anilines is 1. The molecular weight excluding hydrogens is 350 g/mol. The summed E-state index contributed by atoms with van der Waals surface area (Å²) in [5.41, 5.74) is -0.177. The van der Waals surface area contributed by atoms with Gasteiger partial charge in [0.1, 0.15) is 11.6 Å². The molecule has 2 atom stereocenters. The zero-order valence-electron chi connectivity index (χ0n) is 13.0. The van der Waals surface area contributed by atoms with Crippen molar-refractivity contribution in [3.05, 3.63) is 45.5 Å². The lowest BCUT2D eigenvalue weighted by atomic mass is 9.85. The van der Waals surface area contributed by atoms with Gasteiger partial charge in [-0.15, -0.1) is 0 Å². The van der Waals surface area contributed by atoms with Gasteiger partial charge in [-0.2, -0.15) is 0 Å². The van der Waals surface area contributed by atoms with Crippen molar-refractivity contribution in [3.8, 4) is 0 Å². The van der Waals surface area contributed by atoms with E-state index >= 15 is 0 Å². The number of rotatable bonds is 4. The highest BCUT2D eigenvalue weighted by atomic mass is 35.5. The van der Waals surface area contributed by atoms with Crippen molar-refractivity contribution in [2.75, 3.05) is 11.9 Å². The number of halogens is 1. The molecule has 1 aromatic rings. The normalized spacial score (nSPS) is 22.0. The summed E-state index contributed by atoms with van der Waals surface area (Å²) in [6, 6.07) is 3.82. The third-order valence-corrected chi connectivity index (χ3v) is 4.65. The maximum atomic E-state index is 12.3. The van der Waals surface area contributed by atoms with Gasteiger partial charge in [-0.25, -0.2) is 0 Å². The van der Waals surface area contributed by atoms with E-state index in [0.29, 0.717) is 12.8 Å². The highest BCUT2D eigenvalue weighted by molar-refractivity contribution is 6.32. The lowest BCUT2D eigenvalue weighted by Crippen LogP contribution is -2.38. The summed E-state index contributed by atoms with van der Waals surface area (Å²) in [7, 11) is 0. The lowest BCUT2D eigenvalue weighted by molar-refractivity contribution is -0.384. The summed E-state index contributed by atoms with van der Waals surface area (Å²) >= 11 is 5.72. The van der Waals surface area contributed by atoms with E-state index in [1.807, 2.05) is 12.2 Å². The van der Waals surface area contributed by atoms with E-state index in [1.54, 1.807) is 0 Å². The van der Waals surface area contributed by atoms with E-state index in [1.165, 1.54) is 12.1 Å². The monoisotopic (exact) mass is 363 g/mol. The van der Waals surface area contributed by atoms with E-state index in [2.05, 4.69) is 5.32 Å². The second-order valence-electron chi connectivity index (χ2n) is 5.89. The fourth-order valence-electron chi connectivity index (χ4n) is 3.10. The van der Waals surface area contributed by atoms with Crippen LogP contribution in [0, 0.1) is 22.0 Å². The van der Waals surface area contributed by atoms with Crippen LogP contribution in [0.3, 0.4) is 0 Å². The van der Waals surface area contributed by atoms with Crippen molar-refractivity contribution in [3.63, 3.8) is 0 Å². The van der Waals surface area contributed by atoms with Gasteiger partial charge < -0.3 is 5.32 Å². The molecule has 9 heteroatoms. The second-order valence-corrected chi connectivity index (χ2v) is 6.30. The molecule has 0 radical (unpaired) electrons. The van der Waals surface area contributed by atoms with Crippen molar-refractivity contribution >= 4 is 40.7 Å². The zero-order chi connectivity index (χ0) is 18.1. The maximum Gasteiger partial charge on any atom is 0.289 e. The van der Waals surface area contributed by atoms with Crippen LogP contribution in [0.4, 0.5) is 11.4 Å². The number of fused-ring (bicyclic) bond motifs is 1. The van der Waals surface area contributed by atoms with Gasteiger partial charge in [-0.1, -0.05) is 23.8 Å². The third-order valence-electron chi connectivity index (χ3n) is 4.33. The number of nitro benzene ring substituents is 1. The Morgan fingerprint density at radius 1 is 1.24 bits per heavy atom. The first kappa shape index (κ1) is 17.1. The lowest BCUT2D eigenvalue weighted by Gasteiger charge is -2.14. The second kappa shape index (κ2) is 6.64. The summed E-state index contributed by atoms with van der Waals surface area (Å²) in [5, 5.41) is 13.3. The van der Waals surface area contributed by atoms with Crippen molar-refractivity contribution in [1.82, 2.24) is 4.90 Å². The van der Waals surface area contributed by atoms with Gasteiger partial charge in [-0.3, -0.25) is 29.4 Å². The topological polar surface area (TPSA) is 110 Å². The Balaban J connectivity index is 1.69. The van der Waals surface area contributed by atoms with Crippen LogP contribution in [-0.2, 0) is 14.4 Å². The van der Waals surface area contributed by atoms with Gasteiger partial charge >= 0.3 is 0 Å². The number of nitrogens with zero attached hydrogens (tertiary/aromatic N) is 2. The van der Waals surface area contributed by atoms with Gasteiger partial charge in [0, 0.05) is 11.8 Å². The Kier molecular flexibility index (Phi) is 4.54. The van der Waals surface area contributed by atoms with Gasteiger partial charge in [0.25, 0.3) is 5.69 Å². The molecule has 1 aromatic carbocycles. The van der Waals surface area contributed by atoms with Crippen molar-refractivity contribution < 1.29 is 19.3 Å². The Hall–Kier alpha value is -2.74. The Labute approximate surface area is 147 Å². The first-order valence-electron chi connectivity index (χ1n) is 7.62. The molecule has 8 nitrogen and oxygen atoms in total. The van der Waals surface area contributed by atoms with E-state index in [0.717, 1.165) is 11.0 Å². The van der Waals surface area contributed by atoms with Gasteiger partial charge in [-0.05, 0) is 25.0 Å². The van der Waals surface area contributed by atoms with Crippen LogP contribution in [0.15, 0.2) is 30.4 Å². The van der Waals surface area contributed by atoms with Crippen LogP contribution >= 0.6 is 11.6 Å². The van der Waals surface area contributed by atoms with Gasteiger partial charge in [0.2, 0.25) is 17.7 Å². The highest BCUT2D eigenvalue weighted by Gasteiger charge is 2.47. The number of imide groups is 1. The molecule has 1 saturated heterocycles. The van der Waals surface area contributed by atoms with Crippen LogP contribution in [0.1, 0.15) is 12.8 Å². The maximum absolute atomic E-state index is 12.3. The summed E-state index contributed by atoms with van der Waals surface area (Å²) in [5.74, 6) is -2.11. The number of likely N-dealkylation sites (tertiary alicyclic amines) is 1. The number of amides is 3. The minimum absolute atomic E-state index is 0.0514. The summed E-state index contributed by atoms with van der Waals surface area (Å²) < 4.78 is 0. The number of nitro groups is 1. The van der Waals surface area contributed by atoms with Crippen LogP contribution in [0.25, 0.3) is 0 Å². The summed E-state index contributed by atoms with van der Waals surface area (Å²) in [6.07, 6.45) is 4.72. The third kappa shape index (κ3) is 3.25. The highest BCUT2D eigenvalue weighted by Crippen LogP contribution is 2.35. The van der Waals surface area contributed by atoms with Crippen LogP contribution < -0.4 is 5.32 Å². The molecule has 3 rings (SSSR count). The average molecular weight is 364 g/mol. The molecule has 0 spiro atoms. The number of benzene rings is 1. The van der Waals surface area contributed by atoms with Crippen LogP contribution in [-0.4, -0.2) is 34.1 Å². The average Bonchev–Trinajstić information content (AvgIpc) is 2.82. The minimum atomic E-state index is -0.663. The van der Waals surface area contributed by atoms with Gasteiger partial charge in [0.05, 0.1) is 16.8 Å². The fourth-order valence-corrected chi connectivity index (χ4v) is 3.29. The molecule has 1 heterocycles. The smallest absolute Gasteiger partial charge is 0.289 e. The standard InChI is InChI=1S/C16H14ClN3O5/c17-12-6-5-9(7-13(12)20(24)25)18-14(21)8-19-15(22)10-3-1-2-4-11(10)16(19)23/h1-2,5-7,10-11H,3-4,8H2,(H,18,21)/t10-,11-/m0/s1. The van der Waals surface area contributed by atoms with Crippen molar-refractivity contribution in [2.45, 2.75) is 12.8 Å². The molecule has 3 amide bonds. The first-order valence-corrected chi connectivity index (χ1v) is 8.00. The molecule has 1 aliphatic carbocycles. The van der Waals surface area contributed by atoms with Crippen LogP contribution in [0.5, 0.6) is 0 Å². The Bertz CT molecular complexity index is 781. The number of carbonyl (C=O) groups is 3. The predicted molar refractivity (Wildman–Crippen MR) is 88.8 cm³/mol. The van der Waals surface area contributed by atoms with E-state index in [-0.39, 0.29) is 28.2 Å². The molecule has 0 unspecified atom stereocenters. The van der Waals surface area contributed by atoms with E-state index in [4.69, 9.17) is 11.6 Å². The number of allylic oxidation sites excluding steroid dienone is 2. The molecule has 2 aliphatic rings. The molecule has 1 aliphatic heterocycles.